The summed E-state index contributed by atoms with van der Waals surface area (Å²) >= 11 is 0. The SMILES string of the molecule is CN(Cc1ccc(F)cc1)C(=O)C1=C(O)C(=O)N(CCc2ccc(F)cc2)C1. The molecule has 7 heteroatoms. The highest BCUT2D eigenvalue weighted by Gasteiger charge is 2.34. The van der Waals surface area contributed by atoms with Crippen LogP contribution in [0.4, 0.5) is 8.78 Å². The van der Waals surface area contributed by atoms with Crippen molar-refractivity contribution in [1.82, 2.24) is 9.80 Å². The first-order chi connectivity index (χ1) is 13.3. The van der Waals surface area contributed by atoms with Crippen molar-refractivity contribution in [3.8, 4) is 0 Å². The highest BCUT2D eigenvalue weighted by atomic mass is 19.1. The van der Waals surface area contributed by atoms with E-state index in [9.17, 15) is 23.5 Å². The lowest BCUT2D eigenvalue weighted by Gasteiger charge is -2.19. The largest absolute Gasteiger partial charge is 0.503 e. The first-order valence-electron chi connectivity index (χ1n) is 8.81. The van der Waals surface area contributed by atoms with Gasteiger partial charge >= 0.3 is 0 Å². The van der Waals surface area contributed by atoms with Gasteiger partial charge in [-0.1, -0.05) is 24.3 Å². The van der Waals surface area contributed by atoms with Gasteiger partial charge in [0.25, 0.3) is 11.8 Å². The van der Waals surface area contributed by atoms with Gasteiger partial charge in [0.1, 0.15) is 11.6 Å². The fourth-order valence-corrected chi connectivity index (χ4v) is 3.05. The molecule has 2 amide bonds. The number of carbonyl (C=O) groups is 2. The predicted molar refractivity (Wildman–Crippen MR) is 99.2 cm³/mol. The second-order valence-electron chi connectivity index (χ2n) is 6.72. The normalized spacial score (nSPS) is 14.0. The summed E-state index contributed by atoms with van der Waals surface area (Å²) in [5.74, 6) is -2.30. The molecule has 1 heterocycles. The van der Waals surface area contributed by atoms with Gasteiger partial charge in [-0.05, 0) is 41.8 Å². The molecule has 1 aliphatic rings. The van der Waals surface area contributed by atoms with Crippen molar-refractivity contribution in [2.75, 3.05) is 20.1 Å². The molecule has 0 spiro atoms. The minimum absolute atomic E-state index is 0.0124. The molecule has 0 bridgehead atoms. The van der Waals surface area contributed by atoms with Crippen LogP contribution in [-0.2, 0) is 22.6 Å². The van der Waals surface area contributed by atoms with E-state index in [-0.39, 0.29) is 30.3 Å². The second kappa shape index (κ2) is 8.21. The van der Waals surface area contributed by atoms with Gasteiger partial charge in [0.2, 0.25) is 0 Å². The highest BCUT2D eigenvalue weighted by Crippen LogP contribution is 2.20. The maximum atomic E-state index is 13.0. The molecular weight excluding hydrogens is 366 g/mol. The minimum atomic E-state index is -0.597. The van der Waals surface area contributed by atoms with Crippen molar-refractivity contribution in [2.45, 2.75) is 13.0 Å². The van der Waals surface area contributed by atoms with E-state index in [0.717, 1.165) is 11.1 Å². The van der Waals surface area contributed by atoms with Crippen molar-refractivity contribution in [1.29, 1.82) is 0 Å². The maximum Gasteiger partial charge on any atom is 0.289 e. The number of nitrogens with zero attached hydrogens (tertiary/aromatic N) is 2. The Morgan fingerprint density at radius 3 is 2.14 bits per heavy atom. The van der Waals surface area contributed by atoms with Gasteiger partial charge in [-0.15, -0.1) is 0 Å². The van der Waals surface area contributed by atoms with E-state index in [0.29, 0.717) is 13.0 Å². The number of hydrogen-bond acceptors (Lipinski definition) is 3. The van der Waals surface area contributed by atoms with Gasteiger partial charge < -0.3 is 14.9 Å². The van der Waals surface area contributed by atoms with Crippen molar-refractivity contribution in [3.05, 3.63) is 82.6 Å². The number of rotatable bonds is 6. The molecule has 5 nitrogen and oxygen atoms in total. The Morgan fingerprint density at radius 2 is 1.57 bits per heavy atom. The quantitative estimate of drug-likeness (QED) is 0.831. The minimum Gasteiger partial charge on any atom is -0.503 e. The van der Waals surface area contributed by atoms with E-state index in [1.165, 1.54) is 34.1 Å². The van der Waals surface area contributed by atoms with Crippen LogP contribution in [-0.4, -0.2) is 46.9 Å². The molecule has 0 fully saturated rings. The third-order valence-electron chi connectivity index (χ3n) is 4.65. The van der Waals surface area contributed by atoms with Crippen LogP contribution in [0.2, 0.25) is 0 Å². The summed E-state index contributed by atoms with van der Waals surface area (Å²) in [6, 6.07) is 11.7. The zero-order chi connectivity index (χ0) is 20.3. The summed E-state index contributed by atoms with van der Waals surface area (Å²) < 4.78 is 26.0. The predicted octanol–water partition coefficient (Wildman–Crippen LogP) is 2.82. The number of carbonyl (C=O) groups excluding carboxylic acids is 2. The van der Waals surface area contributed by atoms with Crippen LogP contribution >= 0.6 is 0 Å². The molecule has 0 aromatic heterocycles. The van der Waals surface area contributed by atoms with Crippen molar-refractivity contribution >= 4 is 11.8 Å². The van der Waals surface area contributed by atoms with Gasteiger partial charge in [-0.25, -0.2) is 8.78 Å². The molecule has 2 aromatic carbocycles. The Kier molecular flexibility index (Phi) is 5.73. The number of amides is 2. The molecule has 0 radical (unpaired) electrons. The van der Waals surface area contributed by atoms with Gasteiger partial charge in [-0.2, -0.15) is 0 Å². The number of benzene rings is 2. The summed E-state index contributed by atoms with van der Waals surface area (Å²) in [5.41, 5.74) is 1.62. The van der Waals surface area contributed by atoms with Crippen LogP contribution in [0.5, 0.6) is 0 Å². The lowest BCUT2D eigenvalue weighted by Crippen LogP contribution is -2.32. The number of aliphatic hydroxyl groups is 1. The van der Waals surface area contributed by atoms with Crippen LogP contribution < -0.4 is 0 Å². The molecule has 0 atom stereocenters. The summed E-state index contributed by atoms with van der Waals surface area (Å²) in [7, 11) is 1.55. The molecule has 3 rings (SSSR count). The third kappa shape index (κ3) is 4.36. The van der Waals surface area contributed by atoms with E-state index in [1.54, 1.807) is 31.3 Å². The lowest BCUT2D eigenvalue weighted by atomic mass is 10.1. The first-order valence-corrected chi connectivity index (χ1v) is 8.81. The second-order valence-corrected chi connectivity index (χ2v) is 6.72. The molecule has 1 N–H and O–H groups in total. The zero-order valence-electron chi connectivity index (χ0n) is 15.4. The number of likely N-dealkylation sites (N-methyl/N-ethyl adjacent to an activating group) is 1. The van der Waals surface area contributed by atoms with Crippen LogP contribution in [0.1, 0.15) is 11.1 Å². The number of hydrogen-bond donors (Lipinski definition) is 1. The molecule has 28 heavy (non-hydrogen) atoms. The highest BCUT2D eigenvalue weighted by molar-refractivity contribution is 6.06. The van der Waals surface area contributed by atoms with Gasteiger partial charge in [0.05, 0.1) is 12.1 Å². The fraction of sp³-hybridized carbons (Fsp3) is 0.238. The zero-order valence-corrected chi connectivity index (χ0v) is 15.4. The average Bonchev–Trinajstić information content (AvgIpc) is 2.97. The molecule has 2 aromatic rings. The van der Waals surface area contributed by atoms with Crippen LogP contribution in [0.3, 0.4) is 0 Å². The standard InChI is InChI=1S/C21H20F2N2O3/c1-24(12-15-4-8-17(23)9-5-15)20(27)18-13-25(21(28)19(18)26)11-10-14-2-6-16(22)7-3-14/h2-9,26H,10-13H2,1H3. The van der Waals surface area contributed by atoms with Crippen molar-refractivity contribution in [2.24, 2.45) is 0 Å². The van der Waals surface area contributed by atoms with E-state index in [4.69, 9.17) is 0 Å². The molecule has 0 saturated carbocycles. The third-order valence-corrected chi connectivity index (χ3v) is 4.65. The molecular formula is C21H20F2N2O3. The van der Waals surface area contributed by atoms with E-state index in [1.807, 2.05) is 0 Å². The molecule has 0 unspecified atom stereocenters. The summed E-state index contributed by atoms with van der Waals surface area (Å²) in [4.78, 5) is 27.7. The number of halogens is 2. The van der Waals surface area contributed by atoms with E-state index >= 15 is 0 Å². The van der Waals surface area contributed by atoms with Gasteiger partial charge in [0.15, 0.2) is 5.76 Å². The Hall–Kier alpha value is -3.22. The van der Waals surface area contributed by atoms with E-state index in [2.05, 4.69) is 0 Å². The summed E-state index contributed by atoms with van der Waals surface area (Å²) in [5, 5.41) is 10.1. The lowest BCUT2D eigenvalue weighted by molar-refractivity contribution is -0.128. The van der Waals surface area contributed by atoms with Gasteiger partial charge in [-0.3, -0.25) is 9.59 Å². The van der Waals surface area contributed by atoms with Gasteiger partial charge in [0, 0.05) is 20.1 Å². The topological polar surface area (TPSA) is 60.9 Å². The molecule has 146 valence electrons. The van der Waals surface area contributed by atoms with Crippen molar-refractivity contribution in [3.63, 3.8) is 0 Å². The number of aliphatic hydroxyl groups excluding tert-OH is 1. The Labute approximate surface area is 161 Å². The molecule has 1 aliphatic heterocycles. The van der Waals surface area contributed by atoms with Crippen LogP contribution in [0.25, 0.3) is 0 Å². The van der Waals surface area contributed by atoms with Crippen molar-refractivity contribution < 1.29 is 23.5 Å². The van der Waals surface area contributed by atoms with Crippen LogP contribution in [0.15, 0.2) is 59.9 Å². The summed E-state index contributed by atoms with van der Waals surface area (Å²) in [6.45, 7) is 0.533. The molecule has 0 aliphatic carbocycles. The smallest absolute Gasteiger partial charge is 0.289 e. The average molecular weight is 386 g/mol. The molecule has 0 saturated heterocycles. The van der Waals surface area contributed by atoms with E-state index < -0.39 is 17.6 Å². The summed E-state index contributed by atoms with van der Waals surface area (Å²) in [6.07, 6.45) is 0.478. The Balaban J connectivity index is 1.61. The maximum absolute atomic E-state index is 13.0. The Morgan fingerprint density at radius 1 is 1.04 bits per heavy atom. The van der Waals surface area contributed by atoms with Crippen LogP contribution in [0, 0.1) is 11.6 Å². The Bertz CT molecular complexity index is 908. The first kappa shape index (κ1) is 19.5. The monoisotopic (exact) mass is 386 g/mol. The fourth-order valence-electron chi connectivity index (χ4n) is 3.05.